The van der Waals surface area contributed by atoms with Gasteiger partial charge in [-0.1, -0.05) is 35.2 Å². The van der Waals surface area contributed by atoms with Gasteiger partial charge in [0.1, 0.15) is 0 Å². The van der Waals surface area contributed by atoms with Gasteiger partial charge in [0.25, 0.3) is 0 Å². The molecule has 1 aromatic carbocycles. The third kappa shape index (κ3) is 4.97. The second-order valence-corrected chi connectivity index (χ2v) is 10.2. The highest BCUT2D eigenvalue weighted by molar-refractivity contribution is 9.10. The molecule has 0 radical (unpaired) electrons. The van der Waals surface area contributed by atoms with Gasteiger partial charge in [-0.15, -0.1) is 0 Å². The summed E-state index contributed by atoms with van der Waals surface area (Å²) in [5.74, 6) is 0.332. The molecule has 1 amide bonds. The topological polar surface area (TPSA) is 66.5 Å². The summed E-state index contributed by atoms with van der Waals surface area (Å²) in [6.45, 7) is 0.203. The molecule has 25 heavy (non-hydrogen) atoms. The van der Waals surface area contributed by atoms with Gasteiger partial charge in [0, 0.05) is 22.2 Å². The molecule has 1 aliphatic carbocycles. The standard InChI is InChI=1S/C18H25BrN2O3S/c19-14-6-8-15(9-7-14)20-12-18(22)21(16-4-2-1-3-5-16)17-10-11-25(23,24)13-17/h6-9,16-17,20H,1-5,10-13H2/t17-/m0/s1. The van der Waals surface area contributed by atoms with Crippen molar-refractivity contribution in [3.8, 4) is 0 Å². The first-order valence-electron chi connectivity index (χ1n) is 8.96. The van der Waals surface area contributed by atoms with Gasteiger partial charge in [0.15, 0.2) is 9.84 Å². The van der Waals surface area contributed by atoms with E-state index in [4.69, 9.17) is 0 Å². The third-order valence-corrected chi connectivity index (χ3v) is 7.42. The average molecular weight is 429 g/mol. The predicted octanol–water partition coefficient (Wildman–Crippen LogP) is 3.21. The quantitative estimate of drug-likeness (QED) is 0.781. The SMILES string of the molecule is O=C(CNc1ccc(Br)cc1)N(C1CCCCC1)[C@H]1CCS(=O)(=O)C1. The van der Waals surface area contributed by atoms with Crippen LogP contribution in [0.25, 0.3) is 0 Å². The highest BCUT2D eigenvalue weighted by Gasteiger charge is 2.38. The zero-order valence-electron chi connectivity index (χ0n) is 14.3. The van der Waals surface area contributed by atoms with E-state index < -0.39 is 9.84 Å². The Kier molecular flexibility index (Phi) is 6.04. The number of nitrogens with one attached hydrogen (secondary N) is 1. The Morgan fingerprint density at radius 1 is 1.08 bits per heavy atom. The van der Waals surface area contributed by atoms with Crippen LogP contribution in [-0.4, -0.2) is 49.4 Å². The molecule has 1 aromatic rings. The second kappa shape index (κ2) is 8.08. The lowest BCUT2D eigenvalue weighted by atomic mass is 9.93. The highest BCUT2D eigenvalue weighted by Crippen LogP contribution is 2.28. The van der Waals surface area contributed by atoms with Gasteiger partial charge in [-0.2, -0.15) is 0 Å². The Morgan fingerprint density at radius 2 is 1.76 bits per heavy atom. The Labute approximate surface area is 158 Å². The van der Waals surface area contributed by atoms with Crippen LogP contribution in [0.1, 0.15) is 38.5 Å². The molecular formula is C18H25BrN2O3S. The molecule has 2 aliphatic rings. The number of benzene rings is 1. The Morgan fingerprint density at radius 3 is 2.36 bits per heavy atom. The summed E-state index contributed by atoms with van der Waals surface area (Å²) in [7, 11) is -3.00. The van der Waals surface area contributed by atoms with E-state index in [-0.39, 0.29) is 36.0 Å². The largest absolute Gasteiger partial charge is 0.376 e. The molecule has 1 saturated heterocycles. The van der Waals surface area contributed by atoms with Crippen LogP contribution < -0.4 is 5.32 Å². The number of sulfone groups is 1. The first kappa shape index (κ1) is 18.7. The normalized spacial score (nSPS) is 23.3. The van der Waals surface area contributed by atoms with Crippen LogP contribution in [0, 0.1) is 0 Å². The number of carbonyl (C=O) groups is 1. The summed E-state index contributed by atoms with van der Waals surface area (Å²) in [6, 6.07) is 7.72. The van der Waals surface area contributed by atoms with E-state index >= 15 is 0 Å². The van der Waals surface area contributed by atoms with Crippen LogP contribution in [0.15, 0.2) is 28.7 Å². The maximum Gasteiger partial charge on any atom is 0.242 e. The summed E-state index contributed by atoms with van der Waals surface area (Å²) in [6.07, 6.45) is 5.99. The number of hydrogen-bond acceptors (Lipinski definition) is 4. The second-order valence-electron chi connectivity index (χ2n) is 7.01. The van der Waals surface area contributed by atoms with Crippen molar-refractivity contribution in [2.45, 2.75) is 50.6 Å². The molecule has 1 heterocycles. The molecule has 1 aliphatic heterocycles. The Hall–Kier alpha value is -1.08. The van der Waals surface area contributed by atoms with Crippen molar-refractivity contribution in [1.29, 1.82) is 0 Å². The lowest BCUT2D eigenvalue weighted by Crippen LogP contribution is -2.50. The molecule has 138 valence electrons. The van der Waals surface area contributed by atoms with Gasteiger partial charge < -0.3 is 10.2 Å². The zero-order valence-corrected chi connectivity index (χ0v) is 16.7. The van der Waals surface area contributed by atoms with Crippen molar-refractivity contribution < 1.29 is 13.2 Å². The fraction of sp³-hybridized carbons (Fsp3) is 0.611. The molecular weight excluding hydrogens is 404 g/mol. The first-order chi connectivity index (χ1) is 11.9. The van der Waals surface area contributed by atoms with Gasteiger partial charge in [0.2, 0.25) is 5.91 Å². The highest BCUT2D eigenvalue weighted by atomic mass is 79.9. The maximum atomic E-state index is 12.9. The van der Waals surface area contributed by atoms with Gasteiger partial charge in [-0.05, 0) is 43.5 Å². The summed E-state index contributed by atoms with van der Waals surface area (Å²) in [5, 5.41) is 3.17. The van der Waals surface area contributed by atoms with E-state index in [1.807, 2.05) is 29.2 Å². The van der Waals surface area contributed by atoms with Gasteiger partial charge in [-0.3, -0.25) is 4.79 Å². The van der Waals surface area contributed by atoms with Crippen LogP contribution in [0.4, 0.5) is 5.69 Å². The van der Waals surface area contributed by atoms with Crippen molar-refractivity contribution in [3.63, 3.8) is 0 Å². The number of carbonyl (C=O) groups excluding carboxylic acids is 1. The lowest BCUT2D eigenvalue weighted by Gasteiger charge is -2.38. The molecule has 5 nitrogen and oxygen atoms in total. The number of amides is 1. The van der Waals surface area contributed by atoms with Crippen LogP contribution in [0.2, 0.25) is 0 Å². The van der Waals surface area contributed by atoms with E-state index in [9.17, 15) is 13.2 Å². The summed E-state index contributed by atoms with van der Waals surface area (Å²) < 4.78 is 24.8. The van der Waals surface area contributed by atoms with Crippen LogP contribution in [-0.2, 0) is 14.6 Å². The van der Waals surface area contributed by atoms with Crippen molar-refractivity contribution in [3.05, 3.63) is 28.7 Å². The van der Waals surface area contributed by atoms with Gasteiger partial charge >= 0.3 is 0 Å². The van der Waals surface area contributed by atoms with Crippen LogP contribution >= 0.6 is 15.9 Å². The van der Waals surface area contributed by atoms with E-state index in [0.717, 1.165) is 35.8 Å². The minimum atomic E-state index is -3.00. The monoisotopic (exact) mass is 428 g/mol. The number of anilines is 1. The fourth-order valence-corrected chi connectivity index (χ4v) is 5.87. The Balaban J connectivity index is 1.69. The first-order valence-corrected chi connectivity index (χ1v) is 11.6. The molecule has 0 bridgehead atoms. The number of hydrogen-bond donors (Lipinski definition) is 1. The molecule has 0 aromatic heterocycles. The molecule has 0 spiro atoms. The van der Waals surface area contributed by atoms with Gasteiger partial charge in [-0.25, -0.2) is 8.42 Å². The van der Waals surface area contributed by atoms with Crippen LogP contribution in [0.3, 0.4) is 0 Å². The van der Waals surface area contributed by atoms with Crippen LogP contribution in [0.5, 0.6) is 0 Å². The molecule has 0 unspecified atom stereocenters. The molecule has 2 fully saturated rings. The number of rotatable bonds is 5. The molecule has 3 rings (SSSR count). The van der Waals surface area contributed by atoms with Crippen molar-refractivity contribution in [1.82, 2.24) is 4.90 Å². The number of halogens is 1. The summed E-state index contributed by atoms with van der Waals surface area (Å²) >= 11 is 3.40. The van der Waals surface area contributed by atoms with E-state index in [2.05, 4.69) is 21.2 Å². The van der Waals surface area contributed by atoms with Gasteiger partial charge in [0.05, 0.1) is 18.1 Å². The minimum Gasteiger partial charge on any atom is -0.376 e. The van der Waals surface area contributed by atoms with E-state index in [0.29, 0.717) is 6.42 Å². The zero-order chi connectivity index (χ0) is 17.9. The smallest absolute Gasteiger partial charge is 0.242 e. The van der Waals surface area contributed by atoms with Crippen molar-refractivity contribution in [2.24, 2.45) is 0 Å². The summed E-state index contributed by atoms with van der Waals surface area (Å²) in [5.41, 5.74) is 0.888. The molecule has 1 saturated carbocycles. The van der Waals surface area contributed by atoms with Crippen molar-refractivity contribution >= 4 is 37.4 Å². The average Bonchev–Trinajstić information content (AvgIpc) is 2.95. The lowest BCUT2D eigenvalue weighted by molar-refractivity contribution is -0.134. The Bertz CT molecular complexity index is 700. The maximum absolute atomic E-state index is 12.9. The molecule has 1 N–H and O–H groups in total. The molecule has 7 heteroatoms. The van der Waals surface area contributed by atoms with E-state index in [1.165, 1.54) is 6.42 Å². The molecule has 1 atom stereocenters. The number of nitrogens with zero attached hydrogens (tertiary/aromatic N) is 1. The summed E-state index contributed by atoms with van der Waals surface area (Å²) in [4.78, 5) is 14.8. The van der Waals surface area contributed by atoms with Crippen molar-refractivity contribution in [2.75, 3.05) is 23.4 Å². The third-order valence-electron chi connectivity index (χ3n) is 5.15. The minimum absolute atomic E-state index is 0.0110. The fourth-order valence-electron chi connectivity index (χ4n) is 3.90. The van der Waals surface area contributed by atoms with E-state index in [1.54, 1.807) is 0 Å². The predicted molar refractivity (Wildman–Crippen MR) is 103 cm³/mol.